The molecule has 0 bridgehead atoms. The Morgan fingerprint density at radius 2 is 1.60 bits per heavy atom. The van der Waals surface area contributed by atoms with E-state index in [9.17, 15) is 12.8 Å². The topological polar surface area (TPSA) is 97.0 Å². The van der Waals surface area contributed by atoms with Crippen LogP contribution in [0, 0.1) is 5.82 Å². The minimum Gasteiger partial charge on any atom is -0.497 e. The van der Waals surface area contributed by atoms with E-state index in [1.54, 1.807) is 55.6 Å². The number of hydrogen-bond donors (Lipinski definition) is 2. The molecule has 7 nitrogen and oxygen atoms in total. The second-order valence-electron chi connectivity index (χ2n) is 7.87. The van der Waals surface area contributed by atoms with Gasteiger partial charge in [0.25, 0.3) is 0 Å². The van der Waals surface area contributed by atoms with Crippen LogP contribution in [0.4, 0.5) is 4.39 Å². The third kappa shape index (κ3) is 4.77. The molecule has 0 saturated heterocycles. The van der Waals surface area contributed by atoms with Gasteiger partial charge in [0.2, 0.25) is 10.0 Å². The fourth-order valence-corrected chi connectivity index (χ4v) is 4.77. The summed E-state index contributed by atoms with van der Waals surface area (Å²) in [5.41, 5.74) is 4.46. The molecule has 0 saturated carbocycles. The van der Waals surface area contributed by atoms with Gasteiger partial charge in [-0.2, -0.15) is 0 Å². The lowest BCUT2D eigenvalue weighted by Crippen LogP contribution is -2.23. The normalized spacial score (nSPS) is 11.6. The van der Waals surface area contributed by atoms with Gasteiger partial charge in [0.05, 0.1) is 17.7 Å². The van der Waals surface area contributed by atoms with Crippen molar-refractivity contribution in [3.05, 3.63) is 96.6 Å². The number of aromatic nitrogens is 3. The molecule has 35 heavy (non-hydrogen) atoms. The first-order valence-corrected chi connectivity index (χ1v) is 12.2. The lowest BCUT2D eigenvalue weighted by Gasteiger charge is -2.09. The Hall–Kier alpha value is -4.08. The Morgan fingerprint density at radius 1 is 0.914 bits per heavy atom. The maximum absolute atomic E-state index is 13.3. The van der Waals surface area contributed by atoms with Gasteiger partial charge in [0.1, 0.15) is 23.5 Å². The monoisotopic (exact) mass is 488 g/mol. The van der Waals surface area contributed by atoms with Crippen molar-refractivity contribution in [3.63, 3.8) is 0 Å². The minimum absolute atomic E-state index is 0.154. The highest BCUT2D eigenvalue weighted by Gasteiger charge is 2.16. The Bertz CT molecular complexity index is 1580. The Balaban J connectivity index is 1.38. The highest BCUT2D eigenvalue weighted by Crippen LogP contribution is 2.30. The largest absolute Gasteiger partial charge is 0.497 e. The van der Waals surface area contributed by atoms with E-state index in [1.165, 1.54) is 18.5 Å². The summed E-state index contributed by atoms with van der Waals surface area (Å²) < 4.78 is 46.6. The minimum atomic E-state index is -3.70. The number of sulfonamides is 1. The van der Waals surface area contributed by atoms with Crippen LogP contribution in [0.15, 0.2) is 90.1 Å². The molecule has 0 atom stereocenters. The van der Waals surface area contributed by atoms with Crippen molar-refractivity contribution in [1.82, 2.24) is 19.7 Å². The van der Waals surface area contributed by atoms with Crippen molar-refractivity contribution >= 4 is 21.1 Å². The van der Waals surface area contributed by atoms with Crippen molar-refractivity contribution in [2.75, 3.05) is 7.11 Å². The van der Waals surface area contributed by atoms with Crippen LogP contribution in [-0.4, -0.2) is 30.5 Å². The number of rotatable bonds is 7. The van der Waals surface area contributed by atoms with Crippen LogP contribution in [0.2, 0.25) is 0 Å². The van der Waals surface area contributed by atoms with Crippen LogP contribution in [0.5, 0.6) is 5.75 Å². The second-order valence-corrected chi connectivity index (χ2v) is 9.64. The molecule has 2 heterocycles. The van der Waals surface area contributed by atoms with Crippen LogP contribution in [0.1, 0.15) is 5.56 Å². The average molecular weight is 489 g/mol. The summed E-state index contributed by atoms with van der Waals surface area (Å²) in [5, 5.41) is 0.778. The first-order valence-electron chi connectivity index (χ1n) is 10.8. The SMILES string of the molecule is COc1ccc(CNS(=O)(=O)c2ccc(-c3ncnc4[nH]c(-c5ccc(F)cc5)cc34)cc2)cc1. The van der Waals surface area contributed by atoms with Gasteiger partial charge in [0.15, 0.2) is 0 Å². The molecule has 0 radical (unpaired) electrons. The smallest absolute Gasteiger partial charge is 0.240 e. The van der Waals surface area contributed by atoms with Gasteiger partial charge in [-0.05, 0) is 65.7 Å². The van der Waals surface area contributed by atoms with Crippen LogP contribution in [-0.2, 0) is 16.6 Å². The quantitative estimate of drug-likeness (QED) is 0.339. The van der Waals surface area contributed by atoms with E-state index >= 15 is 0 Å². The van der Waals surface area contributed by atoms with Crippen LogP contribution >= 0.6 is 0 Å². The molecular weight excluding hydrogens is 467 g/mol. The lowest BCUT2D eigenvalue weighted by atomic mass is 10.1. The van der Waals surface area contributed by atoms with E-state index < -0.39 is 10.0 Å². The molecule has 5 rings (SSSR count). The van der Waals surface area contributed by atoms with Crippen LogP contribution in [0.3, 0.4) is 0 Å². The number of methoxy groups -OCH3 is 1. The van der Waals surface area contributed by atoms with Crippen molar-refractivity contribution in [3.8, 4) is 28.3 Å². The van der Waals surface area contributed by atoms with Crippen molar-refractivity contribution in [2.24, 2.45) is 0 Å². The number of nitrogens with one attached hydrogen (secondary N) is 2. The fraction of sp³-hybridized carbons (Fsp3) is 0.0769. The van der Waals surface area contributed by atoms with Crippen molar-refractivity contribution < 1.29 is 17.5 Å². The highest BCUT2D eigenvalue weighted by molar-refractivity contribution is 7.89. The number of halogens is 1. The molecule has 0 fully saturated rings. The van der Waals surface area contributed by atoms with Crippen molar-refractivity contribution in [2.45, 2.75) is 11.4 Å². The summed E-state index contributed by atoms with van der Waals surface area (Å²) in [4.78, 5) is 12.1. The predicted octanol–water partition coefficient (Wildman–Crippen LogP) is 4.92. The van der Waals surface area contributed by atoms with Gasteiger partial charge < -0.3 is 9.72 Å². The molecule has 2 N–H and O–H groups in total. The molecule has 0 amide bonds. The lowest BCUT2D eigenvalue weighted by molar-refractivity contribution is 0.414. The summed E-state index contributed by atoms with van der Waals surface area (Å²) in [7, 11) is -2.12. The fourth-order valence-electron chi connectivity index (χ4n) is 3.75. The van der Waals surface area contributed by atoms with Gasteiger partial charge >= 0.3 is 0 Å². The van der Waals surface area contributed by atoms with E-state index in [2.05, 4.69) is 19.7 Å². The van der Waals surface area contributed by atoms with Gasteiger partial charge in [-0.3, -0.25) is 0 Å². The third-order valence-corrected chi connectivity index (χ3v) is 7.06. The predicted molar refractivity (Wildman–Crippen MR) is 132 cm³/mol. The highest BCUT2D eigenvalue weighted by atomic mass is 32.2. The molecule has 176 valence electrons. The third-order valence-electron chi connectivity index (χ3n) is 5.64. The van der Waals surface area contributed by atoms with E-state index in [4.69, 9.17) is 4.74 Å². The zero-order valence-electron chi connectivity index (χ0n) is 18.7. The number of hydrogen-bond acceptors (Lipinski definition) is 5. The number of nitrogens with zero attached hydrogens (tertiary/aromatic N) is 2. The van der Waals surface area contributed by atoms with Crippen molar-refractivity contribution in [1.29, 1.82) is 0 Å². The molecule has 0 aliphatic heterocycles. The van der Waals surface area contributed by atoms with Gasteiger partial charge in [-0.1, -0.05) is 24.3 Å². The molecule has 0 spiro atoms. The Kier molecular flexibility index (Phi) is 6.02. The van der Waals surface area contributed by atoms with Crippen LogP contribution in [0.25, 0.3) is 33.5 Å². The number of fused-ring (bicyclic) bond motifs is 1. The van der Waals surface area contributed by atoms with E-state index in [0.29, 0.717) is 17.1 Å². The maximum Gasteiger partial charge on any atom is 0.240 e. The van der Waals surface area contributed by atoms with Crippen LogP contribution < -0.4 is 9.46 Å². The summed E-state index contributed by atoms with van der Waals surface area (Å²) in [5.74, 6) is 0.400. The summed E-state index contributed by atoms with van der Waals surface area (Å²) >= 11 is 0. The van der Waals surface area contributed by atoms with E-state index in [-0.39, 0.29) is 17.3 Å². The molecule has 2 aromatic heterocycles. The standard InChI is InChI=1S/C26H21FN4O3S/c1-34-21-10-2-17(3-11-21)15-30-35(32,33)22-12-6-19(7-13-22)25-23-14-24(31-26(23)29-16-28-25)18-4-8-20(27)9-5-18/h2-14,16,30H,15H2,1H3,(H,28,29,31). The molecule has 0 unspecified atom stereocenters. The molecule has 0 aliphatic carbocycles. The summed E-state index contributed by atoms with van der Waals surface area (Å²) in [6.45, 7) is 0.163. The molecule has 3 aromatic carbocycles. The number of ether oxygens (including phenoxy) is 1. The van der Waals surface area contributed by atoms with E-state index in [0.717, 1.165) is 27.8 Å². The second kappa shape index (κ2) is 9.28. The van der Waals surface area contributed by atoms with Gasteiger partial charge in [-0.15, -0.1) is 0 Å². The summed E-state index contributed by atoms with van der Waals surface area (Å²) in [6, 6.07) is 21.8. The zero-order valence-corrected chi connectivity index (χ0v) is 19.5. The number of H-pyrrole nitrogens is 1. The molecule has 0 aliphatic rings. The van der Waals surface area contributed by atoms with Gasteiger partial charge in [0, 0.05) is 23.2 Å². The Labute approximate surface area is 201 Å². The first-order chi connectivity index (χ1) is 16.9. The van der Waals surface area contributed by atoms with Gasteiger partial charge in [-0.25, -0.2) is 27.5 Å². The molecule has 9 heteroatoms. The average Bonchev–Trinajstić information content (AvgIpc) is 3.33. The number of aromatic amines is 1. The zero-order chi connectivity index (χ0) is 24.4. The summed E-state index contributed by atoms with van der Waals surface area (Å²) in [6.07, 6.45) is 1.45. The Morgan fingerprint density at radius 3 is 2.29 bits per heavy atom. The van der Waals surface area contributed by atoms with E-state index in [1.807, 2.05) is 18.2 Å². The molecular formula is C26H21FN4O3S. The first kappa shape index (κ1) is 22.7. The number of benzene rings is 3. The maximum atomic E-state index is 13.3. The molecule has 5 aromatic rings.